The molecule has 1 aromatic carbocycles. The topological polar surface area (TPSA) is 34.7 Å². The van der Waals surface area contributed by atoms with Crippen LogP contribution in [0.1, 0.15) is 103 Å². The predicted molar refractivity (Wildman–Crippen MR) is 122 cm³/mol. The highest BCUT2D eigenvalue weighted by Gasteiger charge is 2.01. The van der Waals surface area contributed by atoms with Crippen molar-refractivity contribution < 1.29 is 5.48 Å². The fourth-order valence-electron chi connectivity index (χ4n) is 3.87. The minimum atomic E-state index is 0. The SMILES string of the molecule is CCCN(CCC)CCCCCCCCCCCCCc1ccccc1.O. The summed E-state index contributed by atoms with van der Waals surface area (Å²) in [4.78, 5) is 2.65. The molecule has 2 heteroatoms. The molecule has 1 rings (SSSR count). The summed E-state index contributed by atoms with van der Waals surface area (Å²) < 4.78 is 0. The Morgan fingerprint density at radius 2 is 1.00 bits per heavy atom. The van der Waals surface area contributed by atoms with Crippen molar-refractivity contribution in [1.82, 2.24) is 4.90 Å². The Morgan fingerprint density at radius 1 is 0.556 bits per heavy atom. The highest BCUT2D eigenvalue weighted by Crippen LogP contribution is 2.13. The maximum atomic E-state index is 2.65. The van der Waals surface area contributed by atoms with Crippen LogP contribution in [0.5, 0.6) is 0 Å². The average Bonchev–Trinajstić information content (AvgIpc) is 2.66. The van der Waals surface area contributed by atoms with Crippen LogP contribution < -0.4 is 0 Å². The molecule has 0 heterocycles. The van der Waals surface area contributed by atoms with Crippen LogP contribution in [-0.4, -0.2) is 30.0 Å². The highest BCUT2D eigenvalue weighted by atomic mass is 16.0. The van der Waals surface area contributed by atoms with E-state index in [4.69, 9.17) is 0 Å². The van der Waals surface area contributed by atoms with Gasteiger partial charge in [0, 0.05) is 0 Å². The molecule has 0 amide bonds. The molecule has 1 aromatic rings. The zero-order valence-corrected chi connectivity index (χ0v) is 18.4. The van der Waals surface area contributed by atoms with E-state index in [0.29, 0.717) is 0 Å². The Labute approximate surface area is 170 Å². The second-order valence-electron chi connectivity index (χ2n) is 7.97. The number of hydrogen-bond acceptors (Lipinski definition) is 1. The summed E-state index contributed by atoms with van der Waals surface area (Å²) in [6.07, 6.45) is 19.6. The quantitative estimate of drug-likeness (QED) is 0.258. The first kappa shape index (κ1) is 26.1. The zero-order chi connectivity index (χ0) is 18.7. The Morgan fingerprint density at radius 3 is 1.48 bits per heavy atom. The van der Waals surface area contributed by atoms with Gasteiger partial charge in [-0.05, 0) is 57.3 Å². The molecule has 158 valence electrons. The van der Waals surface area contributed by atoms with E-state index < -0.39 is 0 Å². The molecule has 0 aliphatic rings. The van der Waals surface area contributed by atoms with Crippen molar-refractivity contribution in [3.63, 3.8) is 0 Å². The van der Waals surface area contributed by atoms with Crippen LogP contribution in [0.2, 0.25) is 0 Å². The maximum absolute atomic E-state index is 2.65. The largest absolute Gasteiger partial charge is 0.412 e. The summed E-state index contributed by atoms with van der Waals surface area (Å²) in [5.74, 6) is 0. The van der Waals surface area contributed by atoms with E-state index in [1.54, 1.807) is 0 Å². The Hall–Kier alpha value is -0.860. The first-order valence-corrected chi connectivity index (χ1v) is 11.6. The molecule has 0 spiro atoms. The molecule has 2 nitrogen and oxygen atoms in total. The zero-order valence-electron chi connectivity index (χ0n) is 18.4. The van der Waals surface area contributed by atoms with E-state index in [1.165, 1.54) is 115 Å². The number of unbranched alkanes of at least 4 members (excludes halogenated alkanes) is 10. The Bertz CT molecular complexity index is 387. The number of benzene rings is 1. The molecule has 0 aliphatic carbocycles. The van der Waals surface area contributed by atoms with Gasteiger partial charge in [0.15, 0.2) is 0 Å². The fourth-order valence-corrected chi connectivity index (χ4v) is 3.87. The molecule has 0 atom stereocenters. The van der Waals surface area contributed by atoms with Gasteiger partial charge in [0.1, 0.15) is 0 Å². The van der Waals surface area contributed by atoms with E-state index >= 15 is 0 Å². The molecule has 0 saturated carbocycles. The molecule has 27 heavy (non-hydrogen) atoms. The van der Waals surface area contributed by atoms with Crippen LogP contribution >= 0.6 is 0 Å². The van der Waals surface area contributed by atoms with Crippen molar-refractivity contribution in [2.24, 2.45) is 0 Å². The Balaban J connectivity index is 0.00000676. The third kappa shape index (κ3) is 15.9. The summed E-state index contributed by atoms with van der Waals surface area (Å²) in [5.41, 5.74) is 1.50. The standard InChI is InChI=1S/C25H45N.H2O/c1-3-22-26(23-4-2)24-18-13-11-9-7-5-6-8-10-12-15-19-25-20-16-14-17-21-25;/h14,16-17,20-21H,3-13,15,18-19,22-24H2,1-2H3;1H2. The predicted octanol–water partition coefficient (Wildman–Crippen LogP) is 6.82. The summed E-state index contributed by atoms with van der Waals surface area (Å²) in [7, 11) is 0. The lowest BCUT2D eigenvalue weighted by Gasteiger charge is -2.20. The van der Waals surface area contributed by atoms with Crippen LogP contribution in [0.4, 0.5) is 0 Å². The fraction of sp³-hybridized carbons (Fsp3) is 0.760. The van der Waals surface area contributed by atoms with Gasteiger partial charge in [0.2, 0.25) is 0 Å². The van der Waals surface area contributed by atoms with Crippen molar-refractivity contribution in [1.29, 1.82) is 0 Å². The third-order valence-electron chi connectivity index (χ3n) is 5.36. The molecule has 0 bridgehead atoms. The summed E-state index contributed by atoms with van der Waals surface area (Å²) in [6.45, 7) is 8.50. The molecule has 0 unspecified atom stereocenters. The molecule has 0 aromatic heterocycles. The van der Waals surface area contributed by atoms with Gasteiger partial charge in [-0.2, -0.15) is 0 Å². The monoisotopic (exact) mass is 377 g/mol. The van der Waals surface area contributed by atoms with Crippen LogP contribution in [0.15, 0.2) is 30.3 Å². The molecule has 0 saturated heterocycles. The van der Waals surface area contributed by atoms with E-state index in [1.807, 2.05) is 0 Å². The molecule has 0 fully saturated rings. The lowest BCUT2D eigenvalue weighted by Crippen LogP contribution is -2.26. The van der Waals surface area contributed by atoms with Crippen LogP contribution in [-0.2, 0) is 6.42 Å². The second-order valence-corrected chi connectivity index (χ2v) is 7.97. The van der Waals surface area contributed by atoms with E-state index in [9.17, 15) is 0 Å². The second kappa shape index (κ2) is 19.9. The van der Waals surface area contributed by atoms with Crippen molar-refractivity contribution in [2.75, 3.05) is 19.6 Å². The number of hydrogen-bond donors (Lipinski definition) is 0. The van der Waals surface area contributed by atoms with Crippen LogP contribution in [0.25, 0.3) is 0 Å². The molecule has 2 N–H and O–H groups in total. The van der Waals surface area contributed by atoms with Gasteiger partial charge in [-0.25, -0.2) is 0 Å². The van der Waals surface area contributed by atoms with Crippen molar-refractivity contribution in [3.8, 4) is 0 Å². The van der Waals surface area contributed by atoms with Gasteiger partial charge < -0.3 is 10.4 Å². The smallest absolute Gasteiger partial charge is 0.00187 e. The Kier molecular flexibility index (Phi) is 19.3. The minimum absolute atomic E-state index is 0. The van der Waals surface area contributed by atoms with E-state index in [2.05, 4.69) is 49.1 Å². The average molecular weight is 378 g/mol. The molecule has 0 aliphatic heterocycles. The lowest BCUT2D eigenvalue weighted by atomic mass is 10.0. The van der Waals surface area contributed by atoms with Crippen LogP contribution in [0, 0.1) is 0 Å². The highest BCUT2D eigenvalue weighted by molar-refractivity contribution is 5.14. The summed E-state index contributed by atoms with van der Waals surface area (Å²) in [5, 5.41) is 0. The molecular formula is C25H47NO. The third-order valence-corrected chi connectivity index (χ3v) is 5.36. The van der Waals surface area contributed by atoms with E-state index in [0.717, 1.165) is 0 Å². The maximum Gasteiger partial charge on any atom is -0.00187 e. The molecular weight excluding hydrogens is 330 g/mol. The first-order chi connectivity index (χ1) is 12.9. The van der Waals surface area contributed by atoms with Crippen LogP contribution in [0.3, 0.4) is 0 Å². The van der Waals surface area contributed by atoms with Gasteiger partial charge in [-0.15, -0.1) is 0 Å². The van der Waals surface area contributed by atoms with Gasteiger partial charge >= 0.3 is 0 Å². The van der Waals surface area contributed by atoms with Gasteiger partial charge in [-0.3, -0.25) is 0 Å². The number of rotatable bonds is 18. The van der Waals surface area contributed by atoms with Crippen molar-refractivity contribution in [3.05, 3.63) is 35.9 Å². The normalized spacial score (nSPS) is 10.9. The molecule has 0 radical (unpaired) electrons. The van der Waals surface area contributed by atoms with Gasteiger partial charge in [-0.1, -0.05) is 102 Å². The minimum Gasteiger partial charge on any atom is -0.412 e. The lowest BCUT2D eigenvalue weighted by molar-refractivity contribution is 0.267. The van der Waals surface area contributed by atoms with Crippen molar-refractivity contribution in [2.45, 2.75) is 104 Å². The van der Waals surface area contributed by atoms with Gasteiger partial charge in [0.05, 0.1) is 0 Å². The first-order valence-electron chi connectivity index (χ1n) is 11.6. The summed E-state index contributed by atoms with van der Waals surface area (Å²) in [6, 6.07) is 10.9. The van der Waals surface area contributed by atoms with E-state index in [-0.39, 0.29) is 5.48 Å². The van der Waals surface area contributed by atoms with Crippen molar-refractivity contribution >= 4 is 0 Å². The summed E-state index contributed by atoms with van der Waals surface area (Å²) >= 11 is 0. The number of nitrogens with zero attached hydrogens (tertiary/aromatic N) is 1. The van der Waals surface area contributed by atoms with Gasteiger partial charge in [0.25, 0.3) is 0 Å². The number of aryl methyl sites for hydroxylation is 1.